The van der Waals surface area contributed by atoms with Crippen LogP contribution in [0.2, 0.25) is 0 Å². The van der Waals surface area contributed by atoms with Crippen LogP contribution >= 0.6 is 11.8 Å². The van der Waals surface area contributed by atoms with E-state index in [0.717, 1.165) is 22.5 Å². The summed E-state index contributed by atoms with van der Waals surface area (Å²) >= 11 is 0.876. The second-order valence-electron chi connectivity index (χ2n) is 4.18. The Hall–Kier alpha value is -2.21. The molecule has 0 saturated heterocycles. The van der Waals surface area contributed by atoms with Crippen LogP contribution in [0.15, 0.2) is 41.3 Å². The molecular formula is C16H16O5S. The van der Waals surface area contributed by atoms with Crippen LogP contribution in [0, 0.1) is 0 Å². The lowest BCUT2D eigenvalue weighted by Crippen LogP contribution is -2.11. The number of thioether (sulfide) groups is 1. The minimum Gasteiger partial charge on any atom is -0.458 e. The predicted octanol–water partition coefficient (Wildman–Crippen LogP) is 4.62. The van der Waals surface area contributed by atoms with Crippen LogP contribution in [0.25, 0.3) is 10.8 Å². The molecule has 0 amide bonds. The summed E-state index contributed by atoms with van der Waals surface area (Å²) in [4.78, 5) is 23.8. The smallest absolute Gasteiger partial charge is 0.458 e. The van der Waals surface area contributed by atoms with Gasteiger partial charge in [0.25, 0.3) is 0 Å². The van der Waals surface area contributed by atoms with E-state index in [-0.39, 0.29) is 13.2 Å². The molecule has 0 N–H and O–H groups in total. The summed E-state index contributed by atoms with van der Waals surface area (Å²) in [5.41, 5.74) is 0. The lowest BCUT2D eigenvalue weighted by atomic mass is 10.1. The second kappa shape index (κ2) is 7.70. The normalized spacial score (nSPS) is 10.3. The third-order valence-electron chi connectivity index (χ3n) is 2.75. The molecule has 0 aliphatic rings. The Bertz CT molecular complexity index is 683. The van der Waals surface area contributed by atoms with Crippen LogP contribution in [0.4, 0.5) is 9.59 Å². The van der Waals surface area contributed by atoms with Crippen LogP contribution in [-0.4, -0.2) is 24.7 Å². The van der Waals surface area contributed by atoms with Crippen LogP contribution < -0.4 is 4.74 Å². The summed E-state index contributed by atoms with van der Waals surface area (Å²) < 4.78 is 15.0. The third kappa shape index (κ3) is 3.92. The molecule has 0 fully saturated rings. The van der Waals surface area contributed by atoms with Crippen LogP contribution in [-0.2, 0) is 9.47 Å². The number of carbonyl (C=O) groups is 2. The summed E-state index contributed by atoms with van der Waals surface area (Å²) in [6.45, 7) is 3.92. The number of rotatable bonds is 4. The van der Waals surface area contributed by atoms with Crippen molar-refractivity contribution in [3.8, 4) is 5.75 Å². The molecule has 116 valence electrons. The molecule has 0 heterocycles. The third-order valence-corrected chi connectivity index (χ3v) is 3.57. The molecule has 0 aromatic heterocycles. The summed E-state index contributed by atoms with van der Waals surface area (Å²) in [7, 11) is 0. The van der Waals surface area contributed by atoms with Crippen molar-refractivity contribution in [2.45, 2.75) is 18.7 Å². The Morgan fingerprint density at radius 1 is 1.00 bits per heavy atom. The fourth-order valence-electron chi connectivity index (χ4n) is 1.88. The molecule has 0 aliphatic heterocycles. The molecule has 2 rings (SSSR count). The Balaban J connectivity index is 2.41. The van der Waals surface area contributed by atoms with Gasteiger partial charge in [-0.15, -0.1) is 0 Å². The summed E-state index contributed by atoms with van der Waals surface area (Å²) in [6, 6.07) is 11.0. The average Bonchev–Trinajstić information content (AvgIpc) is 2.50. The maximum atomic E-state index is 11.7. The van der Waals surface area contributed by atoms with E-state index < -0.39 is 11.5 Å². The highest BCUT2D eigenvalue weighted by atomic mass is 32.2. The summed E-state index contributed by atoms with van der Waals surface area (Å²) in [5.74, 6) is 0.301. The van der Waals surface area contributed by atoms with Crippen molar-refractivity contribution in [3.63, 3.8) is 0 Å². The van der Waals surface area contributed by atoms with Gasteiger partial charge in [0.05, 0.1) is 18.1 Å². The standard InChI is InChI=1S/C16H16O5S/c1-3-19-15(17)21-14-12-8-6-5-7-11(12)9-10-13(14)22-16(18)20-4-2/h5-10H,3-4H2,1-2H3. The molecule has 0 unspecified atom stereocenters. The quantitative estimate of drug-likeness (QED) is 0.465. The first-order chi connectivity index (χ1) is 10.7. The fraction of sp³-hybridized carbons (Fsp3) is 0.250. The molecule has 0 spiro atoms. The van der Waals surface area contributed by atoms with Crippen molar-refractivity contribution in [1.82, 2.24) is 0 Å². The van der Waals surface area contributed by atoms with Crippen molar-refractivity contribution in [3.05, 3.63) is 36.4 Å². The van der Waals surface area contributed by atoms with Gasteiger partial charge in [0, 0.05) is 5.39 Å². The zero-order chi connectivity index (χ0) is 15.9. The van der Waals surface area contributed by atoms with Gasteiger partial charge in [0.1, 0.15) is 0 Å². The summed E-state index contributed by atoms with van der Waals surface area (Å²) in [6.07, 6.45) is -0.801. The van der Waals surface area contributed by atoms with Crippen LogP contribution in [0.5, 0.6) is 5.75 Å². The second-order valence-corrected chi connectivity index (χ2v) is 5.16. The topological polar surface area (TPSA) is 61.8 Å². The van der Waals surface area contributed by atoms with Crippen molar-refractivity contribution in [1.29, 1.82) is 0 Å². The number of hydrogen-bond acceptors (Lipinski definition) is 6. The first kappa shape index (κ1) is 16.2. The van der Waals surface area contributed by atoms with E-state index in [1.165, 1.54) is 0 Å². The summed E-state index contributed by atoms with van der Waals surface area (Å²) in [5, 5.41) is 1.17. The highest BCUT2D eigenvalue weighted by Crippen LogP contribution is 2.37. The maximum absolute atomic E-state index is 11.7. The molecule has 2 aromatic rings. The van der Waals surface area contributed by atoms with Crippen molar-refractivity contribution >= 4 is 34.0 Å². The number of benzene rings is 2. The molecule has 0 radical (unpaired) electrons. The minimum atomic E-state index is -0.801. The van der Waals surface area contributed by atoms with Crippen molar-refractivity contribution in [2.24, 2.45) is 0 Å². The van der Waals surface area contributed by atoms with Gasteiger partial charge in [-0.1, -0.05) is 30.3 Å². The Morgan fingerprint density at radius 3 is 2.45 bits per heavy atom. The molecule has 0 bridgehead atoms. The lowest BCUT2D eigenvalue weighted by molar-refractivity contribution is 0.104. The predicted molar refractivity (Wildman–Crippen MR) is 84.5 cm³/mol. The van der Waals surface area contributed by atoms with E-state index in [4.69, 9.17) is 14.2 Å². The molecule has 2 aromatic carbocycles. The average molecular weight is 320 g/mol. The Labute approximate surface area is 132 Å². The van der Waals surface area contributed by atoms with Gasteiger partial charge in [0.15, 0.2) is 5.75 Å². The van der Waals surface area contributed by atoms with Gasteiger partial charge in [-0.05, 0) is 37.1 Å². The number of hydrogen-bond donors (Lipinski definition) is 0. The van der Waals surface area contributed by atoms with Crippen LogP contribution in [0.3, 0.4) is 0 Å². The Kier molecular flexibility index (Phi) is 5.66. The largest absolute Gasteiger partial charge is 0.513 e. The highest BCUT2D eigenvalue weighted by Gasteiger charge is 2.17. The van der Waals surface area contributed by atoms with Crippen LogP contribution in [0.1, 0.15) is 13.8 Å². The fourth-order valence-corrected chi connectivity index (χ4v) is 2.61. The van der Waals surface area contributed by atoms with Gasteiger partial charge in [0.2, 0.25) is 0 Å². The molecule has 5 nitrogen and oxygen atoms in total. The first-order valence-corrected chi connectivity index (χ1v) is 7.68. The molecule has 0 atom stereocenters. The lowest BCUT2D eigenvalue weighted by Gasteiger charge is -2.12. The SMILES string of the molecule is CCOC(=O)Oc1c(SC(=O)OCC)ccc2ccccc12. The van der Waals surface area contributed by atoms with Gasteiger partial charge >= 0.3 is 11.5 Å². The van der Waals surface area contributed by atoms with E-state index in [1.54, 1.807) is 19.9 Å². The first-order valence-electron chi connectivity index (χ1n) is 6.86. The number of ether oxygens (including phenoxy) is 3. The van der Waals surface area contributed by atoms with Gasteiger partial charge < -0.3 is 14.2 Å². The van der Waals surface area contributed by atoms with Gasteiger partial charge in [-0.2, -0.15) is 0 Å². The van der Waals surface area contributed by atoms with E-state index in [1.807, 2.05) is 30.3 Å². The van der Waals surface area contributed by atoms with E-state index in [0.29, 0.717) is 10.6 Å². The van der Waals surface area contributed by atoms with Gasteiger partial charge in [-0.3, -0.25) is 0 Å². The number of fused-ring (bicyclic) bond motifs is 1. The maximum Gasteiger partial charge on any atom is 0.513 e. The molecule has 22 heavy (non-hydrogen) atoms. The molecular weight excluding hydrogens is 304 g/mol. The Morgan fingerprint density at radius 2 is 1.73 bits per heavy atom. The van der Waals surface area contributed by atoms with E-state index in [2.05, 4.69) is 0 Å². The zero-order valence-corrected chi connectivity index (χ0v) is 13.1. The molecule has 0 saturated carbocycles. The number of carbonyl (C=O) groups excluding carboxylic acids is 2. The van der Waals surface area contributed by atoms with Crippen molar-refractivity contribution < 1.29 is 23.8 Å². The van der Waals surface area contributed by atoms with E-state index >= 15 is 0 Å². The van der Waals surface area contributed by atoms with Gasteiger partial charge in [-0.25, -0.2) is 9.59 Å². The zero-order valence-electron chi connectivity index (χ0n) is 12.3. The molecule has 6 heteroatoms. The van der Waals surface area contributed by atoms with Crippen molar-refractivity contribution in [2.75, 3.05) is 13.2 Å². The molecule has 0 aliphatic carbocycles. The van der Waals surface area contributed by atoms with E-state index in [9.17, 15) is 9.59 Å². The minimum absolute atomic E-state index is 0.212. The monoisotopic (exact) mass is 320 g/mol. The highest BCUT2D eigenvalue weighted by molar-refractivity contribution is 8.13.